The first kappa shape index (κ1) is 12.1. The predicted octanol–water partition coefficient (Wildman–Crippen LogP) is 4.71. The lowest BCUT2D eigenvalue weighted by atomic mass is 9.93. The number of hydrogen-bond acceptors (Lipinski definition) is 2. The molecule has 0 radical (unpaired) electrons. The van der Waals surface area contributed by atoms with Crippen molar-refractivity contribution < 1.29 is 0 Å². The maximum atomic E-state index is 6.30. The molecular formula is C13H16BrNS. The molecule has 0 fully saturated rings. The Morgan fingerprint density at radius 3 is 2.88 bits per heavy atom. The minimum atomic E-state index is 0.146. The second-order valence-corrected chi connectivity index (χ2v) is 5.95. The van der Waals surface area contributed by atoms with Crippen LogP contribution in [0.5, 0.6) is 0 Å². The van der Waals surface area contributed by atoms with Crippen LogP contribution in [0.15, 0.2) is 28.1 Å². The topological polar surface area (TPSA) is 26.0 Å². The Labute approximate surface area is 109 Å². The van der Waals surface area contributed by atoms with Gasteiger partial charge in [-0.25, -0.2) is 0 Å². The van der Waals surface area contributed by atoms with Gasteiger partial charge in [0, 0.05) is 15.2 Å². The van der Waals surface area contributed by atoms with Gasteiger partial charge in [0.25, 0.3) is 0 Å². The van der Waals surface area contributed by atoms with Crippen molar-refractivity contribution in [1.82, 2.24) is 0 Å². The molecule has 0 amide bonds. The smallest absolute Gasteiger partial charge is 0.0488 e. The highest BCUT2D eigenvalue weighted by atomic mass is 79.9. The van der Waals surface area contributed by atoms with Crippen LogP contribution in [0, 0.1) is 5.92 Å². The molecule has 1 heterocycles. The van der Waals surface area contributed by atoms with E-state index in [0.717, 1.165) is 10.9 Å². The van der Waals surface area contributed by atoms with Gasteiger partial charge < -0.3 is 5.73 Å². The number of rotatable bonds is 3. The molecule has 2 aromatic rings. The number of halogens is 1. The van der Waals surface area contributed by atoms with Crippen molar-refractivity contribution in [2.45, 2.75) is 26.3 Å². The molecule has 0 spiro atoms. The SMILES string of the molecule is CCC(C)C(N)c1csc2c(Br)cccc12. The van der Waals surface area contributed by atoms with Crippen molar-refractivity contribution in [1.29, 1.82) is 0 Å². The zero-order chi connectivity index (χ0) is 11.7. The summed E-state index contributed by atoms with van der Waals surface area (Å²) in [5.74, 6) is 0.525. The van der Waals surface area contributed by atoms with Crippen LogP contribution in [0.4, 0.5) is 0 Å². The van der Waals surface area contributed by atoms with Crippen LogP contribution in [0.25, 0.3) is 10.1 Å². The van der Waals surface area contributed by atoms with Crippen molar-refractivity contribution in [2.24, 2.45) is 11.7 Å². The molecule has 0 bridgehead atoms. The van der Waals surface area contributed by atoms with E-state index in [9.17, 15) is 0 Å². The second-order valence-electron chi connectivity index (χ2n) is 4.22. The molecule has 0 aliphatic heterocycles. The van der Waals surface area contributed by atoms with Crippen molar-refractivity contribution in [3.8, 4) is 0 Å². The fourth-order valence-electron chi connectivity index (χ4n) is 1.86. The van der Waals surface area contributed by atoms with Gasteiger partial charge in [-0.2, -0.15) is 0 Å². The largest absolute Gasteiger partial charge is 0.324 e. The van der Waals surface area contributed by atoms with Crippen molar-refractivity contribution in [3.05, 3.63) is 33.6 Å². The fraction of sp³-hybridized carbons (Fsp3) is 0.385. The molecule has 0 saturated carbocycles. The van der Waals surface area contributed by atoms with E-state index in [2.05, 4.69) is 53.4 Å². The first-order valence-electron chi connectivity index (χ1n) is 5.56. The van der Waals surface area contributed by atoms with Gasteiger partial charge in [0.15, 0.2) is 0 Å². The first-order valence-corrected chi connectivity index (χ1v) is 7.23. The third-order valence-electron chi connectivity index (χ3n) is 3.20. The summed E-state index contributed by atoms with van der Waals surface area (Å²) >= 11 is 5.35. The quantitative estimate of drug-likeness (QED) is 0.872. The van der Waals surface area contributed by atoms with Gasteiger partial charge in [0.05, 0.1) is 0 Å². The number of fused-ring (bicyclic) bond motifs is 1. The van der Waals surface area contributed by atoms with E-state index >= 15 is 0 Å². The van der Waals surface area contributed by atoms with E-state index in [1.165, 1.54) is 15.6 Å². The Balaban J connectivity index is 2.50. The monoisotopic (exact) mass is 297 g/mol. The van der Waals surface area contributed by atoms with Gasteiger partial charge in [0.1, 0.15) is 0 Å². The fourth-order valence-corrected chi connectivity index (χ4v) is 3.53. The number of nitrogens with two attached hydrogens (primary N) is 1. The van der Waals surface area contributed by atoms with E-state index in [0.29, 0.717) is 5.92 Å². The summed E-state index contributed by atoms with van der Waals surface area (Å²) in [5.41, 5.74) is 7.59. The van der Waals surface area contributed by atoms with Gasteiger partial charge in [-0.15, -0.1) is 11.3 Å². The van der Waals surface area contributed by atoms with Gasteiger partial charge >= 0.3 is 0 Å². The van der Waals surface area contributed by atoms with Crippen molar-refractivity contribution in [3.63, 3.8) is 0 Å². The Kier molecular flexibility index (Phi) is 3.67. The Hall–Kier alpha value is -0.380. The third kappa shape index (κ3) is 2.04. The Morgan fingerprint density at radius 2 is 2.19 bits per heavy atom. The molecule has 0 saturated heterocycles. The predicted molar refractivity (Wildman–Crippen MR) is 75.9 cm³/mol. The summed E-state index contributed by atoms with van der Waals surface area (Å²) in [5, 5.41) is 3.50. The maximum Gasteiger partial charge on any atom is 0.0488 e. The lowest BCUT2D eigenvalue weighted by Crippen LogP contribution is -2.17. The summed E-state index contributed by atoms with van der Waals surface area (Å²) in [4.78, 5) is 0. The normalized spacial score (nSPS) is 15.2. The Morgan fingerprint density at radius 1 is 1.44 bits per heavy atom. The van der Waals surface area contributed by atoms with Crippen LogP contribution < -0.4 is 5.73 Å². The lowest BCUT2D eigenvalue weighted by molar-refractivity contribution is 0.460. The zero-order valence-corrected chi connectivity index (χ0v) is 11.9. The average molecular weight is 298 g/mol. The molecule has 2 rings (SSSR count). The van der Waals surface area contributed by atoms with E-state index in [4.69, 9.17) is 5.73 Å². The van der Waals surface area contributed by atoms with Crippen LogP contribution in [-0.2, 0) is 0 Å². The van der Waals surface area contributed by atoms with Crippen LogP contribution in [0.2, 0.25) is 0 Å². The van der Waals surface area contributed by atoms with Gasteiger partial charge in [0.2, 0.25) is 0 Å². The molecule has 2 N–H and O–H groups in total. The second kappa shape index (κ2) is 4.86. The molecule has 1 aromatic carbocycles. The van der Waals surface area contributed by atoms with Crippen molar-refractivity contribution >= 4 is 37.4 Å². The van der Waals surface area contributed by atoms with Crippen LogP contribution >= 0.6 is 27.3 Å². The highest BCUT2D eigenvalue weighted by molar-refractivity contribution is 9.10. The van der Waals surface area contributed by atoms with E-state index in [1.807, 2.05) is 0 Å². The van der Waals surface area contributed by atoms with Gasteiger partial charge in [-0.3, -0.25) is 0 Å². The summed E-state index contributed by atoms with van der Waals surface area (Å²) in [6, 6.07) is 6.46. The van der Waals surface area contributed by atoms with E-state index in [-0.39, 0.29) is 6.04 Å². The summed E-state index contributed by atoms with van der Waals surface area (Å²) in [7, 11) is 0. The average Bonchev–Trinajstić information content (AvgIpc) is 2.72. The number of thiophene rings is 1. The molecule has 86 valence electrons. The minimum absolute atomic E-state index is 0.146. The summed E-state index contributed by atoms with van der Waals surface area (Å²) in [6.45, 7) is 4.40. The van der Waals surface area contributed by atoms with Crippen molar-refractivity contribution in [2.75, 3.05) is 0 Å². The minimum Gasteiger partial charge on any atom is -0.324 e. The number of hydrogen-bond donors (Lipinski definition) is 1. The molecule has 1 nitrogen and oxygen atoms in total. The molecule has 3 heteroatoms. The molecule has 2 atom stereocenters. The van der Waals surface area contributed by atoms with Crippen LogP contribution in [-0.4, -0.2) is 0 Å². The highest BCUT2D eigenvalue weighted by Crippen LogP contribution is 2.36. The zero-order valence-electron chi connectivity index (χ0n) is 9.53. The van der Waals surface area contributed by atoms with Crippen LogP contribution in [0.3, 0.4) is 0 Å². The van der Waals surface area contributed by atoms with Crippen LogP contribution in [0.1, 0.15) is 31.9 Å². The van der Waals surface area contributed by atoms with Gasteiger partial charge in [-0.05, 0) is 44.2 Å². The van der Waals surface area contributed by atoms with E-state index in [1.54, 1.807) is 11.3 Å². The lowest BCUT2D eigenvalue weighted by Gasteiger charge is -2.17. The molecule has 16 heavy (non-hydrogen) atoms. The molecule has 0 aliphatic rings. The highest BCUT2D eigenvalue weighted by Gasteiger charge is 2.17. The summed E-state index contributed by atoms with van der Waals surface area (Å²) < 4.78 is 2.47. The van der Waals surface area contributed by atoms with E-state index < -0.39 is 0 Å². The molecule has 1 aromatic heterocycles. The standard InChI is InChI=1S/C13H16BrNS/c1-3-8(2)12(15)10-7-16-13-9(10)5-4-6-11(13)14/h4-8,12H,3,15H2,1-2H3. The maximum absolute atomic E-state index is 6.30. The first-order chi connectivity index (χ1) is 7.65. The third-order valence-corrected chi connectivity index (χ3v) is 5.17. The summed E-state index contributed by atoms with van der Waals surface area (Å²) in [6.07, 6.45) is 1.12. The Bertz CT molecular complexity index is 492. The number of benzene rings is 1. The molecular weight excluding hydrogens is 282 g/mol. The van der Waals surface area contributed by atoms with Gasteiger partial charge in [-0.1, -0.05) is 32.4 Å². The molecule has 0 aliphatic carbocycles. The molecule has 2 unspecified atom stereocenters.